The molecule has 0 fully saturated rings. The molecule has 8 nitrogen and oxygen atoms in total. The Morgan fingerprint density at radius 1 is 0.969 bits per heavy atom. The van der Waals surface area contributed by atoms with Crippen molar-refractivity contribution in [2.75, 3.05) is 25.2 Å². The molecule has 0 amide bonds. The number of rotatable bonds is 6. The van der Waals surface area contributed by atoms with Crippen LogP contribution in [0.3, 0.4) is 0 Å². The molecular formula is C23H18N4O4S. The Bertz CT molecular complexity index is 1490. The highest BCUT2D eigenvalue weighted by atomic mass is 32.2. The molecule has 0 saturated heterocycles. The molecule has 0 atom stereocenters. The maximum absolute atomic E-state index is 12.8. The number of anilines is 1. The fourth-order valence-electron chi connectivity index (χ4n) is 3.66. The van der Waals surface area contributed by atoms with Crippen LogP contribution in [-0.4, -0.2) is 33.3 Å². The normalized spacial score (nSPS) is 12.7. The number of benzene rings is 3. The molecule has 2 N–H and O–H groups in total. The average molecular weight is 446 g/mol. The van der Waals surface area contributed by atoms with Crippen molar-refractivity contribution in [1.82, 2.24) is 9.71 Å². The van der Waals surface area contributed by atoms with Crippen molar-refractivity contribution in [2.45, 2.75) is 4.90 Å². The van der Waals surface area contributed by atoms with Crippen LogP contribution in [0.2, 0.25) is 0 Å². The largest absolute Gasteiger partial charge is 0.454 e. The van der Waals surface area contributed by atoms with Gasteiger partial charge in [0.25, 0.3) is 0 Å². The zero-order chi connectivity index (χ0) is 22.1. The third-order valence-electron chi connectivity index (χ3n) is 5.18. The summed E-state index contributed by atoms with van der Waals surface area (Å²) in [4.78, 5) is 4.74. The summed E-state index contributed by atoms with van der Waals surface area (Å²) in [5, 5.41) is 14.8. The summed E-state index contributed by atoms with van der Waals surface area (Å²) in [5.74, 6) is 1.60. The van der Waals surface area contributed by atoms with E-state index >= 15 is 0 Å². The average Bonchev–Trinajstić information content (AvgIpc) is 3.26. The highest BCUT2D eigenvalue weighted by Gasteiger charge is 2.18. The van der Waals surface area contributed by atoms with Gasteiger partial charge in [0.15, 0.2) is 11.5 Å². The fourth-order valence-corrected chi connectivity index (χ4v) is 4.92. The zero-order valence-corrected chi connectivity index (χ0v) is 17.6. The summed E-state index contributed by atoms with van der Waals surface area (Å²) in [6.45, 7) is 0.526. The van der Waals surface area contributed by atoms with Crippen molar-refractivity contribution in [1.29, 1.82) is 5.26 Å². The Kier molecular flexibility index (Phi) is 5.01. The molecule has 160 valence electrons. The van der Waals surface area contributed by atoms with E-state index in [0.29, 0.717) is 33.8 Å². The van der Waals surface area contributed by atoms with Gasteiger partial charge in [0, 0.05) is 29.9 Å². The van der Waals surface area contributed by atoms with Gasteiger partial charge in [-0.05, 0) is 23.6 Å². The molecule has 0 unspecified atom stereocenters. The Balaban J connectivity index is 1.32. The minimum Gasteiger partial charge on any atom is -0.454 e. The number of nitrogens with zero attached hydrogens (tertiary/aromatic N) is 2. The quantitative estimate of drug-likeness (QED) is 0.437. The number of fused-ring (bicyclic) bond motifs is 3. The number of hydrogen-bond acceptors (Lipinski definition) is 7. The molecule has 4 aromatic rings. The third-order valence-corrected chi connectivity index (χ3v) is 6.70. The van der Waals surface area contributed by atoms with E-state index in [1.54, 1.807) is 36.4 Å². The molecule has 1 aliphatic rings. The van der Waals surface area contributed by atoms with Crippen molar-refractivity contribution in [3.8, 4) is 17.6 Å². The minimum atomic E-state index is -3.70. The van der Waals surface area contributed by atoms with Crippen molar-refractivity contribution in [3.63, 3.8) is 0 Å². The molecular weight excluding hydrogens is 428 g/mol. The van der Waals surface area contributed by atoms with E-state index in [2.05, 4.69) is 21.1 Å². The Morgan fingerprint density at radius 2 is 1.75 bits per heavy atom. The van der Waals surface area contributed by atoms with Crippen LogP contribution in [0, 0.1) is 11.3 Å². The molecule has 0 spiro atoms. The lowest BCUT2D eigenvalue weighted by Crippen LogP contribution is -2.29. The monoisotopic (exact) mass is 446 g/mol. The molecule has 0 aliphatic carbocycles. The summed E-state index contributed by atoms with van der Waals surface area (Å²) >= 11 is 0. The molecule has 2 heterocycles. The molecule has 0 saturated carbocycles. The van der Waals surface area contributed by atoms with Crippen LogP contribution in [0.5, 0.6) is 11.5 Å². The molecule has 3 aromatic carbocycles. The Morgan fingerprint density at radius 3 is 2.59 bits per heavy atom. The fraction of sp³-hybridized carbons (Fsp3) is 0.130. The van der Waals surface area contributed by atoms with Gasteiger partial charge in [0.2, 0.25) is 16.8 Å². The van der Waals surface area contributed by atoms with E-state index in [4.69, 9.17) is 9.47 Å². The second kappa shape index (κ2) is 8.00. The number of sulfonamides is 1. The van der Waals surface area contributed by atoms with Gasteiger partial charge in [-0.25, -0.2) is 18.1 Å². The van der Waals surface area contributed by atoms with Crippen LogP contribution >= 0.6 is 0 Å². The molecule has 9 heteroatoms. The molecule has 1 aliphatic heterocycles. The Hall–Kier alpha value is -3.87. The molecule has 0 radical (unpaired) electrons. The van der Waals surface area contributed by atoms with Gasteiger partial charge in [-0.2, -0.15) is 5.26 Å². The lowest BCUT2D eigenvalue weighted by Gasteiger charge is -2.12. The smallest absolute Gasteiger partial charge is 0.241 e. The van der Waals surface area contributed by atoms with E-state index in [1.165, 1.54) is 0 Å². The van der Waals surface area contributed by atoms with Gasteiger partial charge in [-0.1, -0.05) is 36.4 Å². The SMILES string of the molecule is N#Cc1cc2cc3c(cc2nc1NCCNS(=O)(=O)c1cccc2ccccc12)OCO3. The number of ether oxygens (including phenoxy) is 2. The van der Waals surface area contributed by atoms with Gasteiger partial charge < -0.3 is 14.8 Å². The van der Waals surface area contributed by atoms with E-state index in [9.17, 15) is 13.7 Å². The van der Waals surface area contributed by atoms with Crippen LogP contribution < -0.4 is 19.5 Å². The topological polar surface area (TPSA) is 113 Å². The standard InChI is InChI=1S/C23H18N4O4S/c24-13-17-10-16-11-20-21(31-14-30-20)12-19(16)27-23(17)25-8-9-26-32(28,29)22-7-3-5-15-4-1-2-6-18(15)22/h1-7,10-12,26H,8-9,14H2,(H,25,27). The van der Waals surface area contributed by atoms with E-state index in [-0.39, 0.29) is 24.8 Å². The van der Waals surface area contributed by atoms with E-state index < -0.39 is 10.0 Å². The number of nitrogens with one attached hydrogen (secondary N) is 2. The molecule has 0 bridgehead atoms. The van der Waals surface area contributed by atoms with E-state index in [0.717, 1.165) is 10.8 Å². The number of hydrogen-bond donors (Lipinski definition) is 2. The van der Waals surface area contributed by atoms with Crippen LogP contribution in [0.25, 0.3) is 21.7 Å². The van der Waals surface area contributed by atoms with Crippen molar-refractivity contribution >= 4 is 37.5 Å². The maximum Gasteiger partial charge on any atom is 0.241 e. The zero-order valence-electron chi connectivity index (χ0n) is 16.8. The van der Waals surface area contributed by atoms with Gasteiger partial charge in [-0.3, -0.25) is 0 Å². The first-order chi connectivity index (χ1) is 15.5. The predicted octanol–water partition coefficient (Wildman–Crippen LogP) is 3.38. The van der Waals surface area contributed by atoms with Gasteiger partial charge in [0.1, 0.15) is 11.9 Å². The van der Waals surface area contributed by atoms with Gasteiger partial charge in [0.05, 0.1) is 16.0 Å². The first kappa shape index (κ1) is 20.1. The molecule has 1 aromatic heterocycles. The van der Waals surface area contributed by atoms with Crippen LogP contribution in [0.15, 0.2) is 65.6 Å². The lowest BCUT2D eigenvalue weighted by atomic mass is 10.1. The van der Waals surface area contributed by atoms with Crippen molar-refractivity contribution in [3.05, 3.63) is 66.2 Å². The van der Waals surface area contributed by atoms with Crippen LogP contribution in [0.4, 0.5) is 5.82 Å². The number of pyridine rings is 1. The number of aromatic nitrogens is 1. The summed E-state index contributed by atoms with van der Waals surface area (Å²) < 4.78 is 39.0. The number of nitriles is 1. The highest BCUT2D eigenvalue weighted by Crippen LogP contribution is 2.36. The summed E-state index contributed by atoms with van der Waals surface area (Å²) in [6, 6.07) is 19.9. The van der Waals surface area contributed by atoms with Crippen LogP contribution in [0.1, 0.15) is 5.56 Å². The highest BCUT2D eigenvalue weighted by molar-refractivity contribution is 7.89. The first-order valence-electron chi connectivity index (χ1n) is 9.91. The van der Waals surface area contributed by atoms with Crippen LogP contribution in [-0.2, 0) is 10.0 Å². The minimum absolute atomic E-state index is 0.122. The molecule has 32 heavy (non-hydrogen) atoms. The molecule has 5 rings (SSSR count). The first-order valence-corrected chi connectivity index (χ1v) is 11.4. The van der Waals surface area contributed by atoms with Crippen molar-refractivity contribution in [2.24, 2.45) is 0 Å². The van der Waals surface area contributed by atoms with Crippen molar-refractivity contribution < 1.29 is 17.9 Å². The maximum atomic E-state index is 12.8. The summed E-state index contributed by atoms with van der Waals surface area (Å²) in [7, 11) is -3.70. The second-order valence-electron chi connectivity index (χ2n) is 7.20. The summed E-state index contributed by atoms with van der Waals surface area (Å²) in [5.41, 5.74) is 1.00. The van der Waals surface area contributed by atoms with E-state index in [1.807, 2.05) is 24.3 Å². The van der Waals surface area contributed by atoms with Gasteiger partial charge >= 0.3 is 0 Å². The Labute approximate surface area is 184 Å². The lowest BCUT2D eigenvalue weighted by molar-refractivity contribution is 0.174. The third kappa shape index (κ3) is 3.66. The second-order valence-corrected chi connectivity index (χ2v) is 8.93. The van der Waals surface area contributed by atoms with Gasteiger partial charge in [-0.15, -0.1) is 0 Å². The predicted molar refractivity (Wildman–Crippen MR) is 120 cm³/mol. The summed E-state index contributed by atoms with van der Waals surface area (Å²) in [6.07, 6.45) is 0.